The third-order valence-corrected chi connectivity index (χ3v) is 2.72. The monoisotopic (exact) mass is 260 g/mol. The summed E-state index contributed by atoms with van der Waals surface area (Å²) in [6, 6.07) is 19.8. The molecule has 0 unspecified atom stereocenters. The van der Waals surface area contributed by atoms with Crippen molar-refractivity contribution in [1.29, 1.82) is 0 Å². The highest BCUT2D eigenvalue weighted by molar-refractivity contribution is 5.53. The predicted octanol–water partition coefficient (Wildman–Crippen LogP) is 3.67. The number of hydrogen-bond donors (Lipinski definition) is 1. The van der Waals surface area contributed by atoms with Gasteiger partial charge < -0.3 is 5.11 Å². The van der Waals surface area contributed by atoms with Crippen LogP contribution in [0.25, 0.3) is 6.08 Å². The van der Waals surface area contributed by atoms with Gasteiger partial charge in [-0.2, -0.15) is 0 Å². The van der Waals surface area contributed by atoms with Crippen molar-refractivity contribution >= 4 is 6.08 Å². The number of aliphatic hydroxyl groups is 1. The van der Waals surface area contributed by atoms with Crippen molar-refractivity contribution in [3.63, 3.8) is 0 Å². The molecule has 0 aliphatic heterocycles. The summed E-state index contributed by atoms with van der Waals surface area (Å²) in [4.78, 5) is 0. The molecule has 0 heterocycles. The number of hydrogen-bond acceptors (Lipinski definition) is 1. The molecule has 98 valence electrons. The lowest BCUT2D eigenvalue weighted by atomic mass is 10.1. The van der Waals surface area contributed by atoms with E-state index >= 15 is 0 Å². The minimum Gasteiger partial charge on any atom is -0.392 e. The fourth-order valence-corrected chi connectivity index (χ4v) is 1.65. The van der Waals surface area contributed by atoms with Crippen molar-refractivity contribution in [2.75, 3.05) is 6.61 Å². The summed E-state index contributed by atoms with van der Waals surface area (Å²) in [6.07, 6.45) is 5.59. The van der Waals surface area contributed by atoms with Gasteiger partial charge in [-0.1, -0.05) is 72.5 Å². The maximum Gasteiger partial charge on any atom is 0.0688 e. The second kappa shape index (κ2) is 7.78. The Morgan fingerprint density at radius 1 is 0.950 bits per heavy atom. The fourth-order valence-electron chi connectivity index (χ4n) is 1.65. The van der Waals surface area contributed by atoms with Crippen LogP contribution in [0.1, 0.15) is 11.1 Å². The quantitative estimate of drug-likeness (QED) is 0.659. The molecule has 0 aliphatic carbocycles. The van der Waals surface area contributed by atoms with Gasteiger partial charge in [0, 0.05) is 5.56 Å². The van der Waals surface area contributed by atoms with E-state index in [2.05, 4.69) is 11.8 Å². The van der Waals surface area contributed by atoms with Crippen LogP contribution in [0.15, 0.2) is 78.4 Å². The zero-order valence-electron chi connectivity index (χ0n) is 11.2. The maximum atomic E-state index is 9.31. The van der Waals surface area contributed by atoms with Gasteiger partial charge in [-0.3, -0.25) is 0 Å². The van der Waals surface area contributed by atoms with Crippen LogP contribution in [0.5, 0.6) is 0 Å². The SMILES string of the molecule is OCC(/C=C/c1ccccc1)=C/C#Cc1ccccc1. The molecular weight excluding hydrogens is 244 g/mol. The molecule has 0 aliphatic rings. The van der Waals surface area contributed by atoms with Gasteiger partial charge in [-0.05, 0) is 29.3 Å². The second-order valence-electron chi connectivity index (χ2n) is 4.26. The average Bonchev–Trinajstić information content (AvgIpc) is 2.52. The average molecular weight is 260 g/mol. The van der Waals surface area contributed by atoms with Crippen LogP contribution in [0.4, 0.5) is 0 Å². The van der Waals surface area contributed by atoms with Crippen LogP contribution in [-0.2, 0) is 0 Å². The number of aliphatic hydroxyl groups excluding tert-OH is 1. The molecule has 1 nitrogen and oxygen atoms in total. The number of benzene rings is 2. The van der Waals surface area contributed by atoms with E-state index in [9.17, 15) is 5.11 Å². The zero-order valence-corrected chi connectivity index (χ0v) is 11.2. The van der Waals surface area contributed by atoms with Crippen molar-refractivity contribution in [3.05, 3.63) is 89.5 Å². The molecule has 0 atom stereocenters. The molecule has 0 radical (unpaired) electrons. The van der Waals surface area contributed by atoms with E-state index in [-0.39, 0.29) is 6.61 Å². The molecule has 20 heavy (non-hydrogen) atoms. The fraction of sp³-hybridized carbons (Fsp3) is 0.0526. The molecular formula is C19H16O. The van der Waals surface area contributed by atoms with E-state index in [1.165, 1.54) is 0 Å². The Labute approximate surface area is 119 Å². The molecule has 0 bridgehead atoms. The summed E-state index contributed by atoms with van der Waals surface area (Å²) in [5, 5.41) is 9.31. The molecule has 2 aromatic rings. The van der Waals surface area contributed by atoms with Gasteiger partial charge in [0.05, 0.1) is 6.61 Å². The lowest BCUT2D eigenvalue weighted by molar-refractivity contribution is 0.335. The van der Waals surface area contributed by atoms with Crippen LogP contribution in [0.2, 0.25) is 0 Å². The molecule has 0 aromatic heterocycles. The van der Waals surface area contributed by atoms with Crippen LogP contribution < -0.4 is 0 Å². The first-order valence-electron chi connectivity index (χ1n) is 6.48. The Morgan fingerprint density at radius 3 is 2.25 bits per heavy atom. The first-order valence-corrected chi connectivity index (χ1v) is 6.48. The van der Waals surface area contributed by atoms with Crippen LogP contribution >= 0.6 is 0 Å². The van der Waals surface area contributed by atoms with E-state index in [1.807, 2.05) is 72.8 Å². The normalized spacial score (nSPS) is 11.2. The van der Waals surface area contributed by atoms with Crippen LogP contribution in [0.3, 0.4) is 0 Å². The Hall–Kier alpha value is -2.56. The summed E-state index contributed by atoms with van der Waals surface area (Å²) < 4.78 is 0. The maximum absolute atomic E-state index is 9.31. The van der Waals surface area contributed by atoms with E-state index < -0.39 is 0 Å². The minimum absolute atomic E-state index is 0.0210. The highest BCUT2D eigenvalue weighted by Crippen LogP contribution is 2.04. The molecule has 1 heteroatoms. The van der Waals surface area contributed by atoms with E-state index in [0.29, 0.717) is 0 Å². The third-order valence-electron chi connectivity index (χ3n) is 2.72. The number of allylic oxidation sites excluding steroid dienone is 1. The Balaban J connectivity index is 2.07. The summed E-state index contributed by atoms with van der Waals surface area (Å²) in [7, 11) is 0. The van der Waals surface area contributed by atoms with Gasteiger partial charge >= 0.3 is 0 Å². The van der Waals surface area contributed by atoms with Gasteiger partial charge in [0.25, 0.3) is 0 Å². The predicted molar refractivity (Wildman–Crippen MR) is 84.0 cm³/mol. The highest BCUT2D eigenvalue weighted by Gasteiger charge is 1.88. The van der Waals surface area contributed by atoms with Crippen molar-refractivity contribution in [2.45, 2.75) is 0 Å². The minimum atomic E-state index is -0.0210. The molecule has 0 saturated carbocycles. The Morgan fingerprint density at radius 2 is 1.60 bits per heavy atom. The first-order chi connectivity index (χ1) is 9.88. The second-order valence-corrected chi connectivity index (χ2v) is 4.26. The topological polar surface area (TPSA) is 20.2 Å². The molecule has 0 fully saturated rings. The van der Waals surface area contributed by atoms with Crippen molar-refractivity contribution in [1.82, 2.24) is 0 Å². The lowest BCUT2D eigenvalue weighted by Crippen LogP contribution is -1.85. The van der Waals surface area contributed by atoms with Crippen molar-refractivity contribution in [3.8, 4) is 11.8 Å². The molecule has 0 amide bonds. The molecule has 2 aromatic carbocycles. The number of rotatable bonds is 3. The van der Waals surface area contributed by atoms with Gasteiger partial charge in [0.2, 0.25) is 0 Å². The Kier molecular flexibility index (Phi) is 5.39. The smallest absolute Gasteiger partial charge is 0.0688 e. The van der Waals surface area contributed by atoms with Crippen LogP contribution in [0, 0.1) is 11.8 Å². The van der Waals surface area contributed by atoms with Crippen molar-refractivity contribution < 1.29 is 5.11 Å². The summed E-state index contributed by atoms with van der Waals surface area (Å²) in [6.45, 7) is -0.0210. The van der Waals surface area contributed by atoms with Crippen molar-refractivity contribution in [2.24, 2.45) is 0 Å². The zero-order chi connectivity index (χ0) is 14.0. The van der Waals surface area contributed by atoms with E-state index in [4.69, 9.17) is 0 Å². The largest absolute Gasteiger partial charge is 0.392 e. The molecule has 1 N–H and O–H groups in total. The third kappa shape index (κ3) is 4.61. The van der Waals surface area contributed by atoms with E-state index in [1.54, 1.807) is 6.08 Å². The standard InChI is InChI=1S/C19H16O/c20-16-19(15-14-18-10-5-2-6-11-18)13-7-12-17-8-3-1-4-9-17/h1-6,8-11,13-15,20H,16H2/b15-14+,19-13+. The summed E-state index contributed by atoms with van der Waals surface area (Å²) in [5.74, 6) is 6.00. The van der Waals surface area contributed by atoms with Gasteiger partial charge in [0.1, 0.15) is 0 Å². The van der Waals surface area contributed by atoms with Gasteiger partial charge in [-0.15, -0.1) is 0 Å². The van der Waals surface area contributed by atoms with Crippen LogP contribution in [-0.4, -0.2) is 11.7 Å². The van der Waals surface area contributed by atoms with Gasteiger partial charge in [0.15, 0.2) is 0 Å². The Bertz CT molecular complexity index is 640. The molecule has 0 spiro atoms. The van der Waals surface area contributed by atoms with E-state index in [0.717, 1.165) is 16.7 Å². The summed E-state index contributed by atoms with van der Waals surface area (Å²) in [5.41, 5.74) is 2.85. The lowest BCUT2D eigenvalue weighted by Gasteiger charge is -1.94. The van der Waals surface area contributed by atoms with Gasteiger partial charge in [-0.25, -0.2) is 0 Å². The molecule has 0 saturated heterocycles. The first kappa shape index (κ1) is 13.9. The highest BCUT2D eigenvalue weighted by atomic mass is 16.3. The molecule has 2 rings (SSSR count). The summed E-state index contributed by atoms with van der Waals surface area (Å²) >= 11 is 0.